The van der Waals surface area contributed by atoms with Crippen molar-refractivity contribution >= 4 is 11.8 Å². The van der Waals surface area contributed by atoms with Crippen LogP contribution in [0.15, 0.2) is 29.2 Å². The van der Waals surface area contributed by atoms with Crippen LogP contribution in [0.1, 0.15) is 25.5 Å². The number of thioether (sulfide) groups is 1. The molecule has 0 aromatic heterocycles. The fourth-order valence-corrected chi connectivity index (χ4v) is 3.06. The minimum absolute atomic E-state index is 0.197. The molecule has 1 aliphatic heterocycles. The lowest BCUT2D eigenvalue weighted by Crippen LogP contribution is -2.47. The van der Waals surface area contributed by atoms with Crippen molar-refractivity contribution in [3.05, 3.63) is 29.8 Å². The molecule has 1 aromatic carbocycles. The quantitative estimate of drug-likeness (QED) is 0.884. The molecule has 2 rings (SSSR count). The Morgan fingerprint density at radius 3 is 2.76 bits per heavy atom. The fourth-order valence-electron chi connectivity index (χ4n) is 1.86. The minimum atomic E-state index is 0.197. The van der Waals surface area contributed by atoms with Crippen molar-refractivity contribution in [3.63, 3.8) is 0 Å². The molecule has 1 aliphatic rings. The van der Waals surface area contributed by atoms with Gasteiger partial charge in [0.05, 0.1) is 0 Å². The molecule has 0 bridgehead atoms. The molecule has 0 saturated heterocycles. The molecule has 0 fully saturated rings. The van der Waals surface area contributed by atoms with E-state index in [9.17, 15) is 0 Å². The first kappa shape index (κ1) is 12.9. The Hall–Kier alpha value is -0.510. The highest BCUT2D eigenvalue weighted by Crippen LogP contribution is 2.37. The second kappa shape index (κ2) is 5.01. The van der Waals surface area contributed by atoms with Crippen molar-refractivity contribution in [3.8, 4) is 0 Å². The summed E-state index contributed by atoms with van der Waals surface area (Å²) in [5.41, 5.74) is 1.66. The second-order valence-electron chi connectivity index (χ2n) is 5.49. The van der Waals surface area contributed by atoms with Crippen LogP contribution in [-0.2, 0) is 0 Å². The Kier molecular flexibility index (Phi) is 3.81. The van der Waals surface area contributed by atoms with Gasteiger partial charge in [0, 0.05) is 28.8 Å². The van der Waals surface area contributed by atoms with Crippen molar-refractivity contribution < 1.29 is 0 Å². The van der Waals surface area contributed by atoms with Crippen LogP contribution >= 0.6 is 11.8 Å². The van der Waals surface area contributed by atoms with Gasteiger partial charge in [0.2, 0.25) is 0 Å². The predicted octanol–water partition coefficient (Wildman–Crippen LogP) is 2.76. The molecule has 94 valence electrons. The molecule has 0 aliphatic carbocycles. The van der Waals surface area contributed by atoms with Gasteiger partial charge in [0.15, 0.2) is 0 Å². The first-order valence-corrected chi connectivity index (χ1v) is 7.12. The molecule has 1 heterocycles. The van der Waals surface area contributed by atoms with Crippen LogP contribution in [0.4, 0.5) is 0 Å². The highest BCUT2D eigenvalue weighted by Gasteiger charge is 2.26. The zero-order valence-electron chi connectivity index (χ0n) is 11.2. The number of nitrogens with one attached hydrogen (secondary N) is 1. The van der Waals surface area contributed by atoms with Gasteiger partial charge in [-0.05, 0) is 39.6 Å². The summed E-state index contributed by atoms with van der Waals surface area (Å²) in [6.45, 7) is 5.56. The van der Waals surface area contributed by atoms with E-state index in [1.54, 1.807) is 0 Å². The van der Waals surface area contributed by atoms with Crippen LogP contribution in [0, 0.1) is 0 Å². The van der Waals surface area contributed by atoms with Gasteiger partial charge in [-0.3, -0.25) is 0 Å². The smallest absolute Gasteiger partial charge is 0.0427 e. The lowest BCUT2D eigenvalue weighted by molar-refractivity contribution is 0.186. The summed E-state index contributed by atoms with van der Waals surface area (Å²) in [6, 6.07) is 9.23. The molecule has 1 N–H and O–H groups in total. The third-order valence-corrected chi connectivity index (χ3v) is 4.87. The van der Waals surface area contributed by atoms with Gasteiger partial charge in [0.1, 0.15) is 0 Å². The number of fused-ring (bicyclic) bond motifs is 1. The van der Waals surface area contributed by atoms with Crippen molar-refractivity contribution in [1.82, 2.24) is 10.2 Å². The Bertz CT molecular complexity index is 388. The number of likely N-dealkylation sites (N-methyl/N-ethyl adjacent to an activating group) is 1. The fraction of sp³-hybridized carbons (Fsp3) is 0.571. The summed E-state index contributed by atoms with van der Waals surface area (Å²) >= 11 is 1.96. The van der Waals surface area contributed by atoms with Crippen molar-refractivity contribution in [1.29, 1.82) is 0 Å². The number of rotatable bonds is 4. The van der Waals surface area contributed by atoms with Gasteiger partial charge in [-0.1, -0.05) is 18.2 Å². The monoisotopic (exact) mass is 250 g/mol. The van der Waals surface area contributed by atoms with E-state index in [-0.39, 0.29) is 5.54 Å². The summed E-state index contributed by atoms with van der Waals surface area (Å²) in [7, 11) is 4.28. The third kappa shape index (κ3) is 2.84. The van der Waals surface area contributed by atoms with Crippen LogP contribution in [0.25, 0.3) is 0 Å². The molecule has 2 nitrogen and oxygen atoms in total. The molecule has 0 spiro atoms. The van der Waals surface area contributed by atoms with Crippen LogP contribution < -0.4 is 5.32 Å². The van der Waals surface area contributed by atoms with Crippen LogP contribution in [0.5, 0.6) is 0 Å². The van der Waals surface area contributed by atoms with Crippen LogP contribution in [0.3, 0.4) is 0 Å². The zero-order chi connectivity index (χ0) is 12.5. The van der Waals surface area contributed by atoms with E-state index in [2.05, 4.69) is 62.4 Å². The van der Waals surface area contributed by atoms with E-state index in [0.717, 1.165) is 12.3 Å². The van der Waals surface area contributed by atoms with Crippen molar-refractivity contribution in [2.24, 2.45) is 0 Å². The molecular formula is C14H22N2S. The Labute approximate surface area is 109 Å². The third-order valence-electron chi connectivity index (χ3n) is 3.69. The van der Waals surface area contributed by atoms with E-state index >= 15 is 0 Å². The van der Waals surface area contributed by atoms with E-state index < -0.39 is 0 Å². The normalized spacial score (nSPS) is 19.7. The maximum Gasteiger partial charge on any atom is 0.0427 e. The number of hydrogen-bond donors (Lipinski definition) is 1. The SMILES string of the molecule is CN(C)C(C)(C)CNC1CSc2ccccc21. The standard InChI is InChI=1S/C14H22N2S/c1-14(2,16(3)4)10-15-12-9-17-13-8-6-5-7-11(12)13/h5-8,12,15H,9-10H2,1-4H3. The first-order chi connectivity index (χ1) is 8.00. The van der Waals surface area contributed by atoms with Gasteiger partial charge < -0.3 is 10.2 Å². The predicted molar refractivity (Wildman–Crippen MR) is 75.7 cm³/mol. The summed E-state index contributed by atoms with van der Waals surface area (Å²) in [5, 5.41) is 3.70. The van der Waals surface area contributed by atoms with Gasteiger partial charge in [-0.25, -0.2) is 0 Å². The number of benzene rings is 1. The van der Waals surface area contributed by atoms with E-state index in [4.69, 9.17) is 0 Å². The van der Waals surface area contributed by atoms with Crippen molar-refractivity contribution in [2.45, 2.75) is 30.3 Å². The average Bonchev–Trinajstić information content (AvgIpc) is 2.69. The summed E-state index contributed by atoms with van der Waals surface area (Å²) in [4.78, 5) is 3.71. The molecule has 1 aromatic rings. The highest BCUT2D eigenvalue weighted by atomic mass is 32.2. The average molecular weight is 250 g/mol. The molecular weight excluding hydrogens is 228 g/mol. The van der Waals surface area contributed by atoms with Gasteiger partial charge in [0.25, 0.3) is 0 Å². The minimum Gasteiger partial charge on any atom is -0.307 e. The molecule has 3 heteroatoms. The topological polar surface area (TPSA) is 15.3 Å². The molecule has 1 unspecified atom stereocenters. The first-order valence-electron chi connectivity index (χ1n) is 6.13. The molecule has 17 heavy (non-hydrogen) atoms. The molecule has 0 saturated carbocycles. The Balaban J connectivity index is 1.99. The molecule has 0 radical (unpaired) electrons. The Morgan fingerprint density at radius 2 is 2.06 bits per heavy atom. The summed E-state index contributed by atoms with van der Waals surface area (Å²) < 4.78 is 0. The van der Waals surface area contributed by atoms with E-state index in [0.29, 0.717) is 6.04 Å². The largest absolute Gasteiger partial charge is 0.307 e. The van der Waals surface area contributed by atoms with Crippen molar-refractivity contribution in [2.75, 3.05) is 26.4 Å². The summed E-state index contributed by atoms with van der Waals surface area (Å²) in [6.07, 6.45) is 0. The molecule has 1 atom stereocenters. The summed E-state index contributed by atoms with van der Waals surface area (Å²) in [5.74, 6) is 1.16. The molecule has 0 amide bonds. The maximum absolute atomic E-state index is 3.70. The van der Waals surface area contributed by atoms with Gasteiger partial charge in [-0.15, -0.1) is 11.8 Å². The zero-order valence-corrected chi connectivity index (χ0v) is 12.0. The lowest BCUT2D eigenvalue weighted by atomic mass is 10.0. The number of hydrogen-bond acceptors (Lipinski definition) is 3. The van der Waals surface area contributed by atoms with Crippen LogP contribution in [0.2, 0.25) is 0 Å². The maximum atomic E-state index is 3.70. The van der Waals surface area contributed by atoms with Gasteiger partial charge >= 0.3 is 0 Å². The highest BCUT2D eigenvalue weighted by molar-refractivity contribution is 7.99. The van der Waals surface area contributed by atoms with Crippen LogP contribution in [-0.4, -0.2) is 36.8 Å². The van der Waals surface area contributed by atoms with E-state index in [1.165, 1.54) is 10.5 Å². The lowest BCUT2D eigenvalue weighted by Gasteiger charge is -2.34. The Morgan fingerprint density at radius 1 is 1.35 bits per heavy atom. The number of nitrogens with zero attached hydrogens (tertiary/aromatic N) is 1. The van der Waals surface area contributed by atoms with E-state index in [1.807, 2.05) is 11.8 Å². The second-order valence-corrected chi connectivity index (χ2v) is 6.55. The van der Waals surface area contributed by atoms with Gasteiger partial charge in [-0.2, -0.15) is 0 Å².